The molecule has 0 aromatic heterocycles. The molecule has 9 heteroatoms. The Balaban J connectivity index is 2.02. The molecule has 2 aromatic rings. The first-order chi connectivity index (χ1) is 13.3. The van der Waals surface area contributed by atoms with Crippen molar-refractivity contribution in [3.8, 4) is 11.5 Å². The summed E-state index contributed by atoms with van der Waals surface area (Å²) in [4.78, 5) is 22.7. The molecule has 0 saturated carbocycles. The van der Waals surface area contributed by atoms with Crippen LogP contribution in [0, 0.1) is 16.0 Å². The van der Waals surface area contributed by atoms with Gasteiger partial charge >= 0.3 is 0 Å². The molecule has 0 heterocycles. The van der Waals surface area contributed by atoms with E-state index in [0.29, 0.717) is 29.6 Å². The number of hydrogen-bond acceptors (Lipinski definition) is 6. The van der Waals surface area contributed by atoms with Gasteiger partial charge in [-0.1, -0.05) is 13.8 Å². The van der Waals surface area contributed by atoms with Crippen molar-refractivity contribution in [3.05, 3.63) is 58.1 Å². The maximum Gasteiger partial charge on any atom is 0.271 e. The van der Waals surface area contributed by atoms with Crippen molar-refractivity contribution < 1.29 is 19.2 Å². The summed E-state index contributed by atoms with van der Waals surface area (Å²) < 4.78 is 10.7. The summed E-state index contributed by atoms with van der Waals surface area (Å²) in [6, 6.07) is 10.7. The van der Waals surface area contributed by atoms with Crippen molar-refractivity contribution in [3.63, 3.8) is 0 Å². The Morgan fingerprint density at radius 1 is 1.21 bits per heavy atom. The SMILES string of the molecule is COc1ccc([N+](=O)[O-])cc1NC(=S)NC(=O)c1ccc(OCC(C)C)cc1. The van der Waals surface area contributed by atoms with Crippen LogP contribution in [-0.4, -0.2) is 29.7 Å². The number of carbonyl (C=O) groups excluding carboxylic acids is 1. The quantitative estimate of drug-likeness (QED) is 0.412. The van der Waals surface area contributed by atoms with Crippen molar-refractivity contribution in [2.45, 2.75) is 13.8 Å². The third-order valence-electron chi connectivity index (χ3n) is 3.57. The number of rotatable bonds is 7. The van der Waals surface area contributed by atoms with Gasteiger partial charge in [-0.3, -0.25) is 20.2 Å². The van der Waals surface area contributed by atoms with E-state index in [-0.39, 0.29) is 16.5 Å². The zero-order chi connectivity index (χ0) is 20.7. The van der Waals surface area contributed by atoms with Crippen LogP contribution in [0.2, 0.25) is 0 Å². The number of nitro groups is 1. The van der Waals surface area contributed by atoms with Crippen LogP contribution < -0.4 is 20.1 Å². The van der Waals surface area contributed by atoms with Gasteiger partial charge in [0.2, 0.25) is 0 Å². The molecule has 0 saturated heterocycles. The lowest BCUT2D eigenvalue weighted by Crippen LogP contribution is -2.34. The van der Waals surface area contributed by atoms with Gasteiger partial charge in [0.05, 0.1) is 24.3 Å². The maximum absolute atomic E-state index is 12.3. The van der Waals surface area contributed by atoms with Crippen LogP contribution in [0.3, 0.4) is 0 Å². The lowest BCUT2D eigenvalue weighted by atomic mass is 10.2. The second-order valence-electron chi connectivity index (χ2n) is 6.28. The molecule has 2 aromatic carbocycles. The maximum atomic E-state index is 12.3. The summed E-state index contributed by atoms with van der Waals surface area (Å²) in [6.07, 6.45) is 0. The highest BCUT2D eigenvalue weighted by atomic mass is 32.1. The number of non-ortho nitro benzene ring substituents is 1. The summed E-state index contributed by atoms with van der Waals surface area (Å²) >= 11 is 5.13. The number of carbonyl (C=O) groups is 1. The monoisotopic (exact) mass is 403 g/mol. The largest absolute Gasteiger partial charge is 0.495 e. The van der Waals surface area contributed by atoms with Crippen molar-refractivity contribution >= 4 is 34.6 Å². The zero-order valence-electron chi connectivity index (χ0n) is 15.7. The summed E-state index contributed by atoms with van der Waals surface area (Å²) in [7, 11) is 1.43. The number of thiocarbonyl (C=S) groups is 1. The Kier molecular flexibility index (Phi) is 7.28. The minimum absolute atomic E-state index is 0.0102. The van der Waals surface area contributed by atoms with Crippen LogP contribution in [0.25, 0.3) is 0 Å². The van der Waals surface area contributed by atoms with Crippen molar-refractivity contribution in [1.29, 1.82) is 0 Å². The molecule has 2 N–H and O–H groups in total. The molecule has 0 aliphatic heterocycles. The van der Waals surface area contributed by atoms with Crippen molar-refractivity contribution in [2.24, 2.45) is 5.92 Å². The Morgan fingerprint density at radius 2 is 1.89 bits per heavy atom. The number of nitro benzene ring substituents is 1. The molecule has 28 heavy (non-hydrogen) atoms. The highest BCUT2D eigenvalue weighted by Crippen LogP contribution is 2.28. The van der Waals surface area contributed by atoms with Crippen LogP contribution in [-0.2, 0) is 0 Å². The van der Waals surface area contributed by atoms with Crippen molar-refractivity contribution in [2.75, 3.05) is 19.0 Å². The topological polar surface area (TPSA) is 103 Å². The molecular weight excluding hydrogens is 382 g/mol. The second-order valence-corrected chi connectivity index (χ2v) is 6.69. The molecule has 0 radical (unpaired) electrons. The lowest BCUT2D eigenvalue weighted by molar-refractivity contribution is -0.384. The minimum atomic E-state index is -0.533. The van der Waals surface area contributed by atoms with E-state index in [2.05, 4.69) is 10.6 Å². The molecule has 1 amide bonds. The number of hydrogen-bond donors (Lipinski definition) is 2. The van der Waals surface area contributed by atoms with Gasteiger partial charge in [0.15, 0.2) is 5.11 Å². The van der Waals surface area contributed by atoms with Crippen LogP contribution in [0.4, 0.5) is 11.4 Å². The standard InChI is InChI=1S/C19H21N3O5S/c1-12(2)11-27-15-7-4-13(5-8-15)18(23)21-19(28)20-16-10-14(22(24)25)6-9-17(16)26-3/h4-10,12H,11H2,1-3H3,(H2,20,21,23,28). The Labute approximate surface area is 168 Å². The van der Waals surface area contributed by atoms with E-state index in [1.165, 1.54) is 25.3 Å². The predicted octanol–water partition coefficient (Wildman–Crippen LogP) is 3.77. The molecular formula is C19H21N3O5S. The van der Waals surface area contributed by atoms with Gasteiger partial charge in [-0.2, -0.15) is 0 Å². The number of nitrogens with zero attached hydrogens (tertiary/aromatic N) is 1. The van der Waals surface area contributed by atoms with Crippen LogP contribution in [0.1, 0.15) is 24.2 Å². The second kappa shape index (κ2) is 9.65. The number of methoxy groups -OCH3 is 1. The fraction of sp³-hybridized carbons (Fsp3) is 0.263. The number of anilines is 1. The van der Waals surface area contributed by atoms with Gasteiger partial charge in [0.25, 0.3) is 11.6 Å². The average molecular weight is 403 g/mol. The van der Waals surface area contributed by atoms with E-state index in [0.717, 1.165) is 0 Å². The third kappa shape index (κ3) is 5.92. The first kappa shape index (κ1) is 21.1. The highest BCUT2D eigenvalue weighted by molar-refractivity contribution is 7.80. The molecule has 0 unspecified atom stereocenters. The van der Waals surface area contributed by atoms with Crippen molar-refractivity contribution in [1.82, 2.24) is 5.32 Å². The number of ether oxygens (including phenoxy) is 2. The molecule has 0 aliphatic carbocycles. The summed E-state index contributed by atoms with van der Waals surface area (Å²) in [5.74, 6) is 1.01. The minimum Gasteiger partial charge on any atom is -0.495 e. The van der Waals surface area contributed by atoms with E-state index >= 15 is 0 Å². The van der Waals surface area contributed by atoms with Crippen LogP contribution in [0.5, 0.6) is 11.5 Å². The molecule has 148 valence electrons. The molecule has 2 rings (SSSR count). The smallest absolute Gasteiger partial charge is 0.271 e. The Hall–Kier alpha value is -3.20. The van der Waals surface area contributed by atoms with Crippen LogP contribution in [0.15, 0.2) is 42.5 Å². The van der Waals surface area contributed by atoms with E-state index in [1.807, 2.05) is 13.8 Å². The number of benzene rings is 2. The van der Waals surface area contributed by atoms with E-state index < -0.39 is 10.8 Å². The summed E-state index contributed by atoms with van der Waals surface area (Å²) in [5.41, 5.74) is 0.543. The van der Waals surface area contributed by atoms with Crippen LogP contribution >= 0.6 is 12.2 Å². The van der Waals surface area contributed by atoms with E-state index in [9.17, 15) is 14.9 Å². The zero-order valence-corrected chi connectivity index (χ0v) is 16.5. The Bertz CT molecular complexity index is 868. The van der Waals surface area contributed by atoms with E-state index in [1.54, 1.807) is 24.3 Å². The molecule has 0 bridgehead atoms. The Morgan fingerprint density at radius 3 is 2.46 bits per heavy atom. The molecule has 8 nitrogen and oxygen atoms in total. The average Bonchev–Trinajstić information content (AvgIpc) is 2.66. The highest BCUT2D eigenvalue weighted by Gasteiger charge is 2.14. The fourth-order valence-electron chi connectivity index (χ4n) is 2.20. The molecule has 0 aliphatic rings. The first-order valence-corrected chi connectivity index (χ1v) is 8.88. The molecule has 0 atom stereocenters. The molecule has 0 fully saturated rings. The predicted molar refractivity (Wildman–Crippen MR) is 110 cm³/mol. The lowest BCUT2D eigenvalue weighted by Gasteiger charge is -2.13. The van der Waals surface area contributed by atoms with Gasteiger partial charge < -0.3 is 14.8 Å². The summed E-state index contributed by atoms with van der Waals surface area (Å²) in [6.45, 7) is 4.68. The van der Waals surface area contributed by atoms with Gasteiger partial charge in [-0.15, -0.1) is 0 Å². The normalized spacial score (nSPS) is 10.3. The van der Waals surface area contributed by atoms with Gasteiger partial charge in [0.1, 0.15) is 11.5 Å². The first-order valence-electron chi connectivity index (χ1n) is 8.47. The number of nitrogens with one attached hydrogen (secondary N) is 2. The third-order valence-corrected chi connectivity index (χ3v) is 3.77. The number of amides is 1. The molecule has 0 spiro atoms. The van der Waals surface area contributed by atoms with Gasteiger partial charge in [-0.25, -0.2) is 0 Å². The summed E-state index contributed by atoms with van der Waals surface area (Å²) in [5, 5.41) is 16.2. The fourth-order valence-corrected chi connectivity index (χ4v) is 2.40. The van der Waals surface area contributed by atoms with Gasteiger partial charge in [0, 0.05) is 17.7 Å². The van der Waals surface area contributed by atoms with Gasteiger partial charge in [-0.05, 0) is 48.5 Å². The van der Waals surface area contributed by atoms with E-state index in [4.69, 9.17) is 21.7 Å².